The van der Waals surface area contributed by atoms with Crippen LogP contribution in [-0.2, 0) is 14.3 Å². The van der Waals surface area contributed by atoms with Gasteiger partial charge in [-0.1, -0.05) is 13.0 Å². The molecule has 0 amide bonds. The molecule has 5 aliphatic rings. The summed E-state index contributed by atoms with van der Waals surface area (Å²) in [6.45, 7) is 8.09. The van der Waals surface area contributed by atoms with Crippen molar-refractivity contribution in [2.75, 3.05) is 51.3 Å². The van der Waals surface area contributed by atoms with Gasteiger partial charge < -0.3 is 19.1 Å². The summed E-state index contributed by atoms with van der Waals surface area (Å²) in [6, 6.07) is 8.29. The molecule has 6 heteroatoms. The Hall–Kier alpha value is -1.79. The van der Waals surface area contributed by atoms with Gasteiger partial charge in [0.15, 0.2) is 0 Å². The van der Waals surface area contributed by atoms with Crippen LogP contribution < -0.4 is 9.64 Å². The minimum Gasteiger partial charge on any atom is -0.497 e. The second kappa shape index (κ2) is 7.63. The largest absolute Gasteiger partial charge is 0.497 e. The van der Waals surface area contributed by atoms with E-state index in [1.807, 2.05) is 12.1 Å². The Kier molecular flexibility index (Phi) is 4.95. The molecular weight excluding hydrogens is 404 g/mol. The maximum absolute atomic E-state index is 13.0. The van der Waals surface area contributed by atoms with Gasteiger partial charge in [0.25, 0.3) is 0 Å². The van der Waals surface area contributed by atoms with Crippen LogP contribution in [0.3, 0.4) is 0 Å². The summed E-state index contributed by atoms with van der Waals surface area (Å²) in [6.07, 6.45) is 5.94. The van der Waals surface area contributed by atoms with Crippen molar-refractivity contribution in [3.8, 4) is 5.75 Å². The predicted molar refractivity (Wildman–Crippen MR) is 122 cm³/mol. The van der Waals surface area contributed by atoms with E-state index < -0.39 is 0 Å². The summed E-state index contributed by atoms with van der Waals surface area (Å²) in [5.41, 5.74) is 1.60. The van der Waals surface area contributed by atoms with Crippen LogP contribution in [0.4, 0.5) is 5.69 Å². The third-order valence-corrected chi connectivity index (χ3v) is 9.32. The Labute approximate surface area is 191 Å². The Balaban J connectivity index is 1.11. The predicted octanol–water partition coefficient (Wildman–Crippen LogP) is 3.34. The van der Waals surface area contributed by atoms with Gasteiger partial charge in [-0.25, -0.2) is 0 Å². The van der Waals surface area contributed by atoms with Gasteiger partial charge in [0, 0.05) is 50.4 Å². The standard InChI is InChI=1S/C26H36N2O4/c1-25-7-4-8-26(17-31-26)23(25)14-20-21(24(29)32-22(20)15-25)16-27-9-11-28(12-10-27)18-5-3-6-19(13-18)30-2/h3,5-6,13,20-23H,4,7-12,14-17H2,1-2H3/t20-,21-,22-,23-,25-,26-/m1/s1. The van der Waals surface area contributed by atoms with Crippen LogP contribution in [0.25, 0.3) is 0 Å². The highest BCUT2D eigenvalue weighted by atomic mass is 16.6. The number of hydrogen-bond acceptors (Lipinski definition) is 6. The summed E-state index contributed by atoms with van der Waals surface area (Å²) in [5.74, 6) is 1.91. The number of nitrogens with zero attached hydrogens (tertiary/aromatic N) is 2. The van der Waals surface area contributed by atoms with Gasteiger partial charge in [0.2, 0.25) is 0 Å². The molecule has 0 N–H and O–H groups in total. The van der Waals surface area contributed by atoms with E-state index in [-0.39, 0.29) is 29.0 Å². The van der Waals surface area contributed by atoms with Crippen molar-refractivity contribution < 1.29 is 19.0 Å². The van der Waals surface area contributed by atoms with Gasteiger partial charge >= 0.3 is 5.97 Å². The lowest BCUT2D eigenvalue weighted by Gasteiger charge is -2.51. The highest BCUT2D eigenvalue weighted by Crippen LogP contribution is 2.62. The SMILES string of the molecule is COc1cccc(N2CCN(C[C@H]3C(=O)O[C@@H]4C[C@@]5(C)CCC[C@@]6(CO6)[C@@H]5C[C@@H]43)CC2)c1. The van der Waals surface area contributed by atoms with Crippen LogP contribution in [0, 0.1) is 23.2 Å². The topological polar surface area (TPSA) is 54.5 Å². The molecule has 174 valence electrons. The van der Waals surface area contributed by atoms with E-state index in [4.69, 9.17) is 14.2 Å². The number of esters is 1. The minimum atomic E-state index is 0.0191. The first-order valence-corrected chi connectivity index (χ1v) is 12.5. The second-order valence-corrected chi connectivity index (χ2v) is 11.1. The number of ether oxygens (including phenoxy) is 3. The molecule has 0 radical (unpaired) electrons. The number of fused-ring (bicyclic) bond motifs is 3. The van der Waals surface area contributed by atoms with Crippen LogP contribution in [0.5, 0.6) is 5.75 Å². The van der Waals surface area contributed by atoms with Crippen molar-refractivity contribution in [3.63, 3.8) is 0 Å². The normalized spacial score (nSPS) is 41.2. The number of anilines is 1. The van der Waals surface area contributed by atoms with Crippen molar-refractivity contribution >= 4 is 11.7 Å². The van der Waals surface area contributed by atoms with E-state index in [9.17, 15) is 4.79 Å². The quantitative estimate of drug-likeness (QED) is 0.529. The van der Waals surface area contributed by atoms with Crippen molar-refractivity contribution in [1.82, 2.24) is 4.90 Å². The van der Waals surface area contributed by atoms with Crippen molar-refractivity contribution in [1.29, 1.82) is 0 Å². The van der Waals surface area contributed by atoms with E-state index in [0.717, 1.165) is 57.9 Å². The van der Waals surface area contributed by atoms with Crippen LogP contribution in [0.1, 0.15) is 39.0 Å². The van der Waals surface area contributed by atoms with Crippen molar-refractivity contribution in [2.24, 2.45) is 23.2 Å². The maximum Gasteiger partial charge on any atom is 0.310 e. The molecule has 1 aromatic rings. The highest BCUT2D eigenvalue weighted by Gasteiger charge is 2.65. The van der Waals surface area contributed by atoms with Gasteiger partial charge in [-0.3, -0.25) is 9.69 Å². The second-order valence-electron chi connectivity index (χ2n) is 11.1. The van der Waals surface area contributed by atoms with Crippen LogP contribution in [-0.4, -0.2) is 69.0 Å². The molecule has 6 nitrogen and oxygen atoms in total. The fourth-order valence-electron chi connectivity index (χ4n) is 7.44. The minimum absolute atomic E-state index is 0.0191. The zero-order valence-electron chi connectivity index (χ0n) is 19.4. The number of epoxide rings is 1. The molecular formula is C26H36N2O4. The van der Waals surface area contributed by atoms with Crippen LogP contribution in [0.15, 0.2) is 24.3 Å². The molecule has 0 aromatic heterocycles. The molecule has 2 saturated carbocycles. The lowest BCUT2D eigenvalue weighted by molar-refractivity contribution is -0.147. The Morgan fingerprint density at radius 2 is 2.00 bits per heavy atom. The Morgan fingerprint density at radius 1 is 1.19 bits per heavy atom. The van der Waals surface area contributed by atoms with Gasteiger partial charge in [0.1, 0.15) is 11.9 Å². The molecule has 5 fully saturated rings. The monoisotopic (exact) mass is 440 g/mol. The third kappa shape index (κ3) is 3.41. The molecule has 32 heavy (non-hydrogen) atoms. The number of carbonyl (C=O) groups excluding carboxylic acids is 1. The summed E-state index contributed by atoms with van der Waals surface area (Å²) < 4.78 is 17.4. The van der Waals surface area contributed by atoms with Gasteiger partial charge in [0.05, 0.1) is 25.2 Å². The van der Waals surface area contributed by atoms with Crippen LogP contribution >= 0.6 is 0 Å². The van der Waals surface area contributed by atoms with Gasteiger partial charge in [-0.15, -0.1) is 0 Å². The lowest BCUT2D eigenvalue weighted by atomic mass is 9.53. The fourth-order valence-corrected chi connectivity index (χ4v) is 7.44. The third-order valence-electron chi connectivity index (χ3n) is 9.32. The molecule has 3 aliphatic heterocycles. The molecule has 6 rings (SSSR count). The van der Waals surface area contributed by atoms with E-state index in [0.29, 0.717) is 11.8 Å². The fraction of sp³-hybridized carbons (Fsp3) is 0.731. The molecule has 2 aliphatic carbocycles. The first kappa shape index (κ1) is 20.8. The average Bonchev–Trinajstić information content (AvgIpc) is 3.51. The molecule has 3 heterocycles. The maximum atomic E-state index is 13.0. The van der Waals surface area contributed by atoms with E-state index in [2.05, 4.69) is 28.9 Å². The number of carbonyl (C=O) groups is 1. The first-order chi connectivity index (χ1) is 15.5. The first-order valence-electron chi connectivity index (χ1n) is 12.5. The number of hydrogen-bond donors (Lipinski definition) is 0. The Bertz CT molecular complexity index is 878. The summed E-state index contributed by atoms with van der Waals surface area (Å²) in [5, 5.41) is 0. The summed E-state index contributed by atoms with van der Waals surface area (Å²) in [4.78, 5) is 17.8. The lowest BCUT2D eigenvalue weighted by Crippen LogP contribution is -2.52. The van der Waals surface area contributed by atoms with E-state index >= 15 is 0 Å². The van der Waals surface area contributed by atoms with E-state index in [1.54, 1.807) is 7.11 Å². The molecule has 3 saturated heterocycles. The summed E-state index contributed by atoms with van der Waals surface area (Å²) in [7, 11) is 1.71. The zero-order valence-corrected chi connectivity index (χ0v) is 19.4. The number of piperazine rings is 1. The number of methoxy groups -OCH3 is 1. The number of rotatable bonds is 4. The molecule has 0 bridgehead atoms. The molecule has 0 unspecified atom stereocenters. The van der Waals surface area contributed by atoms with Crippen molar-refractivity contribution in [3.05, 3.63) is 24.3 Å². The van der Waals surface area contributed by atoms with E-state index in [1.165, 1.54) is 24.9 Å². The summed E-state index contributed by atoms with van der Waals surface area (Å²) >= 11 is 0. The van der Waals surface area contributed by atoms with Gasteiger partial charge in [-0.2, -0.15) is 0 Å². The average molecular weight is 441 g/mol. The zero-order chi connectivity index (χ0) is 21.9. The van der Waals surface area contributed by atoms with Crippen molar-refractivity contribution in [2.45, 2.75) is 50.7 Å². The Morgan fingerprint density at radius 3 is 2.75 bits per heavy atom. The highest BCUT2D eigenvalue weighted by molar-refractivity contribution is 5.75. The van der Waals surface area contributed by atoms with Gasteiger partial charge in [-0.05, 0) is 55.6 Å². The molecule has 6 atom stereocenters. The molecule has 1 spiro atoms. The smallest absolute Gasteiger partial charge is 0.310 e. The van der Waals surface area contributed by atoms with Crippen LogP contribution in [0.2, 0.25) is 0 Å². The number of benzene rings is 1. The molecule has 1 aromatic carbocycles.